The standard InChI is InChI=1S/C24H26F2N2O5S/c1-12(2)6-13-10-28(14-4-3-5-14)19-9-20-16(8-21(19)34(31,32)27-13)15-7-17(24(29)30)22(25)23(26)18(15)11-33-20/h7-9,12-14,27H,3-6,10-11H2,1-2H3,(H,29,30)/p+1/t13-/m1/s1. The number of ether oxygens (including phenoxy) is 1. The summed E-state index contributed by atoms with van der Waals surface area (Å²) >= 11 is 0. The number of fused-ring (bicyclic) bond motifs is 4. The summed E-state index contributed by atoms with van der Waals surface area (Å²) in [7, 11) is -3.81. The van der Waals surface area contributed by atoms with Crippen molar-refractivity contribution in [2.75, 3.05) is 11.4 Å². The molecule has 1 aliphatic carbocycles. The van der Waals surface area contributed by atoms with Crippen LogP contribution in [0.2, 0.25) is 0 Å². The van der Waals surface area contributed by atoms with E-state index >= 15 is 0 Å². The number of hydrogen-bond acceptors (Lipinski definition) is 5. The molecule has 3 aliphatic rings. The fourth-order valence-electron chi connectivity index (χ4n) is 5.18. The van der Waals surface area contributed by atoms with Crippen molar-refractivity contribution in [3.63, 3.8) is 0 Å². The van der Waals surface area contributed by atoms with Gasteiger partial charge in [0.2, 0.25) is 0 Å². The van der Waals surface area contributed by atoms with Crippen LogP contribution >= 0.6 is 0 Å². The Morgan fingerprint density at radius 2 is 1.94 bits per heavy atom. The first-order valence-electron chi connectivity index (χ1n) is 11.5. The topological polar surface area (TPSA) is 101 Å². The SMILES string of the molecule is CC(C)C[C@@H]1CN(C2CCC2)c2cc3c(cc2S(=O)(=O)[NH2+]1)-c1cc(C(=O)O)c(F)c(F)c1CO3. The first-order chi connectivity index (χ1) is 16.1. The molecule has 2 heterocycles. The molecule has 2 aliphatic heterocycles. The van der Waals surface area contributed by atoms with Gasteiger partial charge < -0.3 is 14.7 Å². The van der Waals surface area contributed by atoms with Crippen molar-refractivity contribution in [2.24, 2.45) is 5.92 Å². The van der Waals surface area contributed by atoms with Crippen LogP contribution in [-0.2, 0) is 16.6 Å². The highest BCUT2D eigenvalue weighted by Crippen LogP contribution is 2.46. The highest BCUT2D eigenvalue weighted by molar-refractivity contribution is 7.85. The Morgan fingerprint density at radius 3 is 2.56 bits per heavy atom. The molecule has 0 saturated heterocycles. The smallest absolute Gasteiger partial charge is 0.338 e. The number of halogens is 2. The normalized spacial score (nSPS) is 21.1. The average molecular weight is 494 g/mol. The van der Waals surface area contributed by atoms with E-state index in [4.69, 9.17) is 4.74 Å². The molecule has 10 heteroatoms. The van der Waals surface area contributed by atoms with Crippen LogP contribution in [0.1, 0.15) is 55.5 Å². The maximum atomic E-state index is 14.7. The van der Waals surface area contributed by atoms with Crippen LogP contribution in [0.15, 0.2) is 23.1 Å². The molecule has 7 nitrogen and oxygen atoms in total. The second-order valence-corrected chi connectivity index (χ2v) is 11.6. The number of quaternary nitrogens is 1. The second-order valence-electron chi connectivity index (χ2n) is 9.80. The molecule has 0 radical (unpaired) electrons. The first kappa shape index (κ1) is 23.0. The zero-order chi connectivity index (χ0) is 24.4. The summed E-state index contributed by atoms with van der Waals surface area (Å²) in [5.41, 5.74) is -0.00143. The van der Waals surface area contributed by atoms with Gasteiger partial charge in [-0.3, -0.25) is 0 Å². The Balaban J connectivity index is 1.71. The Kier molecular flexibility index (Phi) is 5.55. The Bertz CT molecular complexity index is 1290. The molecule has 0 aromatic heterocycles. The number of sulfonamides is 1. The fourth-order valence-corrected chi connectivity index (χ4v) is 6.78. The minimum absolute atomic E-state index is 0.0856. The number of rotatable bonds is 4. The predicted octanol–water partition coefficient (Wildman–Crippen LogP) is 3.26. The van der Waals surface area contributed by atoms with Crippen LogP contribution in [0, 0.1) is 17.6 Å². The number of hydrogen-bond donors (Lipinski definition) is 2. The van der Waals surface area contributed by atoms with Crippen LogP contribution in [0.4, 0.5) is 14.5 Å². The van der Waals surface area contributed by atoms with Gasteiger partial charge in [-0.2, -0.15) is 8.42 Å². The molecule has 182 valence electrons. The molecular formula is C24H27F2N2O5S+. The van der Waals surface area contributed by atoms with Gasteiger partial charge >= 0.3 is 16.0 Å². The lowest BCUT2D eigenvalue weighted by atomic mass is 9.89. The molecule has 0 spiro atoms. The van der Waals surface area contributed by atoms with Crippen molar-refractivity contribution in [1.29, 1.82) is 0 Å². The van der Waals surface area contributed by atoms with Gasteiger partial charge in [0.15, 0.2) is 11.6 Å². The third-order valence-corrected chi connectivity index (χ3v) is 8.65. The van der Waals surface area contributed by atoms with Crippen LogP contribution in [0.25, 0.3) is 11.1 Å². The number of carbonyl (C=O) groups is 1. The van der Waals surface area contributed by atoms with E-state index in [1.54, 1.807) is 6.07 Å². The number of nitrogens with two attached hydrogens (primary N) is 1. The minimum atomic E-state index is -3.81. The zero-order valence-electron chi connectivity index (χ0n) is 19.0. The highest BCUT2D eigenvalue weighted by atomic mass is 32.2. The van der Waals surface area contributed by atoms with Crippen LogP contribution in [0.3, 0.4) is 0 Å². The quantitative estimate of drug-likeness (QED) is 0.678. The number of benzene rings is 2. The summed E-state index contributed by atoms with van der Waals surface area (Å²) in [4.78, 5) is 13.7. The molecule has 5 rings (SSSR count). The average Bonchev–Trinajstić information content (AvgIpc) is 2.81. The number of anilines is 1. The van der Waals surface area contributed by atoms with Crippen molar-refractivity contribution >= 4 is 21.7 Å². The van der Waals surface area contributed by atoms with E-state index in [0.717, 1.165) is 31.7 Å². The second kappa shape index (κ2) is 8.20. The van der Waals surface area contributed by atoms with E-state index in [1.165, 1.54) is 10.8 Å². The van der Waals surface area contributed by atoms with Gasteiger partial charge in [-0.25, -0.2) is 18.3 Å². The maximum absolute atomic E-state index is 14.7. The minimum Gasteiger partial charge on any atom is -0.488 e. The van der Waals surface area contributed by atoms with E-state index in [9.17, 15) is 27.1 Å². The van der Waals surface area contributed by atoms with Crippen molar-refractivity contribution in [2.45, 2.75) is 63.1 Å². The Labute approximate surface area is 196 Å². The molecule has 1 atom stereocenters. The number of aromatic carboxylic acids is 1. The molecule has 0 unspecified atom stereocenters. The van der Waals surface area contributed by atoms with E-state index in [1.807, 2.05) is 0 Å². The molecule has 1 saturated carbocycles. The molecule has 2 aromatic carbocycles. The largest absolute Gasteiger partial charge is 0.488 e. The van der Waals surface area contributed by atoms with Gasteiger partial charge in [-0.1, -0.05) is 13.8 Å². The molecule has 3 N–H and O–H groups in total. The van der Waals surface area contributed by atoms with Gasteiger partial charge in [0.25, 0.3) is 0 Å². The zero-order valence-corrected chi connectivity index (χ0v) is 19.8. The Morgan fingerprint density at radius 1 is 1.21 bits per heavy atom. The lowest BCUT2D eigenvalue weighted by molar-refractivity contribution is -0.538. The monoisotopic (exact) mass is 493 g/mol. The van der Waals surface area contributed by atoms with Crippen LogP contribution in [0.5, 0.6) is 5.75 Å². The lowest BCUT2D eigenvalue weighted by Gasteiger charge is -2.39. The van der Waals surface area contributed by atoms with Gasteiger partial charge in [-0.15, -0.1) is 0 Å². The van der Waals surface area contributed by atoms with Gasteiger partial charge in [0.05, 0.1) is 17.8 Å². The summed E-state index contributed by atoms with van der Waals surface area (Å²) in [6.07, 6.45) is 3.75. The fraction of sp³-hybridized carbons (Fsp3) is 0.458. The van der Waals surface area contributed by atoms with E-state index < -0.39 is 33.2 Å². The summed E-state index contributed by atoms with van der Waals surface area (Å²) in [6.45, 7) is 4.42. The van der Waals surface area contributed by atoms with Crippen molar-refractivity contribution in [3.8, 4) is 16.9 Å². The van der Waals surface area contributed by atoms with Crippen molar-refractivity contribution in [3.05, 3.63) is 41.0 Å². The third-order valence-electron chi connectivity index (χ3n) is 6.97. The summed E-state index contributed by atoms with van der Waals surface area (Å²) in [5.74, 6) is -3.71. The number of carboxylic acids is 1. The lowest BCUT2D eigenvalue weighted by Crippen LogP contribution is -2.93. The molecule has 0 bridgehead atoms. The van der Waals surface area contributed by atoms with Gasteiger partial charge in [0, 0.05) is 29.7 Å². The predicted molar refractivity (Wildman–Crippen MR) is 120 cm³/mol. The van der Waals surface area contributed by atoms with Gasteiger partial charge in [0.1, 0.15) is 23.3 Å². The van der Waals surface area contributed by atoms with E-state index in [2.05, 4.69) is 18.7 Å². The Hall–Kier alpha value is -2.72. The van der Waals surface area contributed by atoms with E-state index in [0.29, 0.717) is 23.9 Å². The van der Waals surface area contributed by atoms with Crippen molar-refractivity contribution in [1.82, 2.24) is 0 Å². The van der Waals surface area contributed by atoms with Crippen LogP contribution < -0.4 is 14.4 Å². The van der Waals surface area contributed by atoms with Crippen molar-refractivity contribution < 1.29 is 36.6 Å². The first-order valence-corrected chi connectivity index (χ1v) is 13.0. The summed E-state index contributed by atoms with van der Waals surface area (Å²) in [5, 5.41) is 9.34. The molecule has 34 heavy (non-hydrogen) atoms. The summed E-state index contributed by atoms with van der Waals surface area (Å²) in [6, 6.07) is 4.22. The number of carboxylic acid groups (broad SMARTS) is 1. The number of nitrogens with zero attached hydrogens (tertiary/aromatic N) is 1. The maximum Gasteiger partial charge on any atom is 0.338 e. The summed E-state index contributed by atoms with van der Waals surface area (Å²) < 4.78 is 63.1. The molecule has 1 fully saturated rings. The van der Waals surface area contributed by atoms with Gasteiger partial charge in [-0.05, 0) is 42.9 Å². The molecular weight excluding hydrogens is 466 g/mol. The molecule has 2 aromatic rings. The number of primary sulfonamides is 1. The highest BCUT2D eigenvalue weighted by Gasteiger charge is 2.40. The van der Waals surface area contributed by atoms with E-state index in [-0.39, 0.29) is 40.3 Å². The van der Waals surface area contributed by atoms with Crippen LogP contribution in [-0.4, -0.2) is 38.1 Å². The third kappa shape index (κ3) is 3.73. The molecule has 0 amide bonds.